The number of allylic oxidation sites excluding steroid dienone is 2. The molecule has 0 heterocycles. The Balaban J connectivity index is 2.28. The highest BCUT2D eigenvalue weighted by atomic mass is 16.5. The van der Waals surface area contributed by atoms with Crippen LogP contribution >= 0.6 is 0 Å². The van der Waals surface area contributed by atoms with Crippen molar-refractivity contribution in [3.05, 3.63) is 34.9 Å². The number of benzene rings is 1. The van der Waals surface area contributed by atoms with E-state index in [9.17, 15) is 9.59 Å². The first kappa shape index (κ1) is 17.3. The van der Waals surface area contributed by atoms with E-state index in [1.54, 1.807) is 12.1 Å². The van der Waals surface area contributed by atoms with Gasteiger partial charge >= 0.3 is 11.9 Å². The summed E-state index contributed by atoms with van der Waals surface area (Å²) in [6.45, 7) is 4.98. The summed E-state index contributed by atoms with van der Waals surface area (Å²) in [4.78, 5) is 22.6. The average Bonchev–Trinajstić information content (AvgIpc) is 2.49. The zero-order chi connectivity index (χ0) is 16.8. The third-order valence-corrected chi connectivity index (χ3v) is 3.95. The van der Waals surface area contributed by atoms with Gasteiger partial charge in [-0.25, -0.2) is 0 Å². The number of ether oxygens (including phenoxy) is 2. The van der Waals surface area contributed by atoms with Gasteiger partial charge in [-0.1, -0.05) is 31.4 Å². The fourth-order valence-electron chi connectivity index (χ4n) is 2.91. The Labute approximate surface area is 137 Å². The Hall–Kier alpha value is -2.10. The van der Waals surface area contributed by atoms with Crippen LogP contribution in [0.3, 0.4) is 0 Å². The van der Waals surface area contributed by atoms with Crippen molar-refractivity contribution >= 4 is 11.9 Å². The molecule has 0 bridgehead atoms. The second kappa shape index (κ2) is 7.95. The molecule has 0 saturated heterocycles. The first-order chi connectivity index (χ1) is 11.0. The van der Waals surface area contributed by atoms with E-state index >= 15 is 0 Å². The SMILES string of the molecule is CCCCCC1=CCc2c(OC(C)=O)ccc(OC(C)=O)c2C1. The molecular weight excluding hydrogens is 292 g/mol. The van der Waals surface area contributed by atoms with Gasteiger partial charge in [-0.3, -0.25) is 9.59 Å². The molecule has 0 spiro atoms. The summed E-state index contributed by atoms with van der Waals surface area (Å²) in [6.07, 6.45) is 8.30. The predicted molar refractivity (Wildman–Crippen MR) is 88.7 cm³/mol. The molecule has 0 saturated carbocycles. The lowest BCUT2D eigenvalue weighted by molar-refractivity contribution is -0.133. The van der Waals surface area contributed by atoms with Crippen molar-refractivity contribution in [1.82, 2.24) is 0 Å². The molecule has 124 valence electrons. The normalized spacial score (nSPS) is 13.1. The molecule has 0 N–H and O–H groups in total. The quantitative estimate of drug-likeness (QED) is 0.342. The molecular formula is C19H24O4. The zero-order valence-corrected chi connectivity index (χ0v) is 14.1. The van der Waals surface area contributed by atoms with Gasteiger partial charge in [0.15, 0.2) is 0 Å². The molecule has 1 aromatic rings. The minimum atomic E-state index is -0.342. The third-order valence-electron chi connectivity index (χ3n) is 3.95. The van der Waals surface area contributed by atoms with E-state index in [0.717, 1.165) is 24.0 Å². The molecule has 0 unspecified atom stereocenters. The summed E-state index contributed by atoms with van der Waals surface area (Å²) >= 11 is 0. The monoisotopic (exact) mass is 316 g/mol. The molecule has 0 amide bonds. The number of rotatable bonds is 6. The molecule has 1 aromatic carbocycles. The maximum absolute atomic E-state index is 11.3. The largest absolute Gasteiger partial charge is 0.426 e. The maximum atomic E-state index is 11.3. The minimum Gasteiger partial charge on any atom is -0.426 e. The lowest BCUT2D eigenvalue weighted by atomic mass is 9.88. The van der Waals surface area contributed by atoms with Crippen LogP contribution in [0, 0.1) is 0 Å². The Morgan fingerprint density at radius 3 is 2.17 bits per heavy atom. The molecule has 0 atom stereocenters. The van der Waals surface area contributed by atoms with Gasteiger partial charge in [0.2, 0.25) is 0 Å². The highest BCUT2D eigenvalue weighted by Crippen LogP contribution is 2.37. The molecule has 4 heteroatoms. The van der Waals surface area contributed by atoms with Gasteiger partial charge in [0.1, 0.15) is 11.5 Å². The lowest BCUT2D eigenvalue weighted by Gasteiger charge is -2.22. The van der Waals surface area contributed by atoms with Gasteiger partial charge in [0, 0.05) is 25.0 Å². The van der Waals surface area contributed by atoms with Gasteiger partial charge in [0.05, 0.1) is 0 Å². The highest BCUT2D eigenvalue weighted by molar-refractivity contribution is 5.73. The first-order valence-electron chi connectivity index (χ1n) is 8.20. The van der Waals surface area contributed by atoms with Gasteiger partial charge in [-0.05, 0) is 37.8 Å². The Bertz CT molecular complexity index is 629. The lowest BCUT2D eigenvalue weighted by Crippen LogP contribution is -2.12. The van der Waals surface area contributed by atoms with E-state index in [1.165, 1.54) is 38.7 Å². The van der Waals surface area contributed by atoms with Crippen LogP contribution in [0.4, 0.5) is 0 Å². The molecule has 4 nitrogen and oxygen atoms in total. The third kappa shape index (κ3) is 4.68. The second-order valence-corrected chi connectivity index (χ2v) is 5.91. The number of hydrogen-bond donors (Lipinski definition) is 0. The van der Waals surface area contributed by atoms with Crippen LogP contribution in [0.2, 0.25) is 0 Å². The van der Waals surface area contributed by atoms with Crippen LogP contribution in [-0.4, -0.2) is 11.9 Å². The molecule has 0 fully saturated rings. The smallest absolute Gasteiger partial charge is 0.308 e. The van der Waals surface area contributed by atoms with E-state index in [0.29, 0.717) is 17.9 Å². The van der Waals surface area contributed by atoms with Crippen LogP contribution in [0.5, 0.6) is 11.5 Å². The van der Waals surface area contributed by atoms with E-state index in [2.05, 4.69) is 13.0 Å². The zero-order valence-electron chi connectivity index (χ0n) is 14.1. The topological polar surface area (TPSA) is 52.6 Å². The molecule has 0 radical (unpaired) electrons. The first-order valence-corrected chi connectivity index (χ1v) is 8.20. The summed E-state index contributed by atoms with van der Waals surface area (Å²) in [5.74, 6) is 0.455. The van der Waals surface area contributed by atoms with Crippen molar-refractivity contribution in [2.45, 2.75) is 59.3 Å². The molecule has 1 aliphatic rings. The minimum absolute atomic E-state index is 0.338. The van der Waals surface area contributed by atoms with E-state index in [4.69, 9.17) is 9.47 Å². The fourth-order valence-corrected chi connectivity index (χ4v) is 2.91. The molecule has 0 aromatic heterocycles. The molecule has 0 aliphatic heterocycles. The van der Waals surface area contributed by atoms with Crippen molar-refractivity contribution in [3.63, 3.8) is 0 Å². The second-order valence-electron chi connectivity index (χ2n) is 5.91. The number of carbonyl (C=O) groups excluding carboxylic acids is 2. The maximum Gasteiger partial charge on any atom is 0.308 e. The van der Waals surface area contributed by atoms with E-state index in [1.807, 2.05) is 0 Å². The standard InChI is InChI=1S/C19H24O4/c1-4-5-6-7-15-8-9-16-17(12-15)19(23-14(3)21)11-10-18(16)22-13(2)20/h8,10-11H,4-7,9,12H2,1-3H3. The summed E-state index contributed by atoms with van der Waals surface area (Å²) in [5, 5.41) is 0. The van der Waals surface area contributed by atoms with Gasteiger partial charge < -0.3 is 9.47 Å². The average molecular weight is 316 g/mol. The van der Waals surface area contributed by atoms with Gasteiger partial charge in [-0.2, -0.15) is 0 Å². The number of fused-ring (bicyclic) bond motifs is 1. The fraction of sp³-hybridized carbons (Fsp3) is 0.474. The van der Waals surface area contributed by atoms with Crippen molar-refractivity contribution in [3.8, 4) is 11.5 Å². The van der Waals surface area contributed by atoms with Crippen LogP contribution in [-0.2, 0) is 22.4 Å². The summed E-state index contributed by atoms with van der Waals surface area (Å²) in [5.41, 5.74) is 3.27. The highest BCUT2D eigenvalue weighted by Gasteiger charge is 2.21. The van der Waals surface area contributed by atoms with Crippen LogP contribution in [0.1, 0.15) is 57.6 Å². The van der Waals surface area contributed by atoms with Gasteiger partial charge in [0.25, 0.3) is 0 Å². The Kier molecular flexibility index (Phi) is 5.97. The number of hydrogen-bond acceptors (Lipinski definition) is 4. The van der Waals surface area contributed by atoms with E-state index < -0.39 is 0 Å². The number of carbonyl (C=O) groups is 2. The van der Waals surface area contributed by atoms with Crippen molar-refractivity contribution in [2.24, 2.45) is 0 Å². The van der Waals surface area contributed by atoms with Crippen LogP contribution in [0.15, 0.2) is 23.8 Å². The molecule has 2 rings (SSSR count). The summed E-state index contributed by atoms with van der Waals surface area (Å²) in [7, 11) is 0. The van der Waals surface area contributed by atoms with Gasteiger partial charge in [-0.15, -0.1) is 0 Å². The predicted octanol–water partition coefficient (Wildman–Crippen LogP) is 4.14. The van der Waals surface area contributed by atoms with Crippen molar-refractivity contribution in [2.75, 3.05) is 0 Å². The number of esters is 2. The Morgan fingerprint density at radius 2 is 1.61 bits per heavy atom. The summed E-state index contributed by atoms with van der Waals surface area (Å²) < 4.78 is 10.6. The van der Waals surface area contributed by atoms with Crippen LogP contribution < -0.4 is 9.47 Å². The van der Waals surface area contributed by atoms with Crippen LogP contribution in [0.25, 0.3) is 0 Å². The number of unbranched alkanes of at least 4 members (excludes halogenated alkanes) is 2. The van der Waals surface area contributed by atoms with Crippen molar-refractivity contribution in [1.29, 1.82) is 0 Å². The molecule has 23 heavy (non-hydrogen) atoms. The van der Waals surface area contributed by atoms with E-state index in [-0.39, 0.29) is 11.9 Å². The summed E-state index contributed by atoms with van der Waals surface area (Å²) in [6, 6.07) is 3.42. The molecule has 1 aliphatic carbocycles. The Morgan fingerprint density at radius 1 is 1.00 bits per heavy atom. The van der Waals surface area contributed by atoms with Crippen molar-refractivity contribution < 1.29 is 19.1 Å².